The number of carboxylic acids is 1. The predicted molar refractivity (Wildman–Crippen MR) is 71.6 cm³/mol. The van der Waals surface area contributed by atoms with Crippen LogP contribution in [0.15, 0.2) is 30.3 Å². The molecular weight excluding hydrogens is 226 g/mol. The summed E-state index contributed by atoms with van der Waals surface area (Å²) in [6.07, 6.45) is 3.33. The highest BCUT2D eigenvalue weighted by atomic mass is 16.4. The minimum atomic E-state index is -0.690. The van der Waals surface area contributed by atoms with Crippen LogP contribution in [0.1, 0.15) is 37.2 Å². The van der Waals surface area contributed by atoms with Gasteiger partial charge in [-0.25, -0.2) is 0 Å². The van der Waals surface area contributed by atoms with Crippen LogP contribution in [0.2, 0.25) is 0 Å². The summed E-state index contributed by atoms with van der Waals surface area (Å²) in [5.41, 5.74) is 1.30. The van der Waals surface area contributed by atoms with Crippen molar-refractivity contribution in [2.75, 3.05) is 13.1 Å². The molecule has 98 valence electrons. The Hall–Kier alpha value is -1.35. The summed E-state index contributed by atoms with van der Waals surface area (Å²) in [6.45, 7) is 2.11. The zero-order chi connectivity index (χ0) is 12.8. The molecule has 0 saturated carbocycles. The second kappa shape index (κ2) is 6.55. The SMILES string of the molecule is O=C(O)CCC(c1ccccc1)C1CCNCC1. The highest BCUT2D eigenvalue weighted by Gasteiger charge is 2.25. The lowest BCUT2D eigenvalue weighted by Crippen LogP contribution is -2.31. The number of piperidine rings is 1. The Morgan fingerprint density at radius 3 is 2.56 bits per heavy atom. The Kier molecular flexibility index (Phi) is 4.76. The van der Waals surface area contributed by atoms with Crippen LogP contribution < -0.4 is 5.32 Å². The second-order valence-electron chi connectivity index (χ2n) is 5.04. The lowest BCUT2D eigenvalue weighted by molar-refractivity contribution is -0.137. The van der Waals surface area contributed by atoms with Gasteiger partial charge in [0.15, 0.2) is 0 Å². The predicted octanol–water partition coefficient (Wildman–Crippen LogP) is 2.63. The van der Waals surface area contributed by atoms with E-state index in [1.54, 1.807) is 0 Å². The summed E-state index contributed by atoms with van der Waals surface area (Å²) in [6, 6.07) is 10.4. The van der Waals surface area contributed by atoms with Crippen molar-refractivity contribution in [2.24, 2.45) is 5.92 Å². The Balaban J connectivity index is 2.08. The van der Waals surface area contributed by atoms with E-state index in [9.17, 15) is 4.79 Å². The first-order chi connectivity index (χ1) is 8.77. The second-order valence-corrected chi connectivity index (χ2v) is 5.04. The molecule has 2 rings (SSSR count). The van der Waals surface area contributed by atoms with Gasteiger partial charge in [-0.05, 0) is 49.8 Å². The maximum Gasteiger partial charge on any atom is 0.303 e. The molecule has 1 aromatic carbocycles. The van der Waals surface area contributed by atoms with E-state index in [2.05, 4.69) is 17.4 Å². The van der Waals surface area contributed by atoms with Crippen molar-refractivity contribution in [1.29, 1.82) is 0 Å². The summed E-state index contributed by atoms with van der Waals surface area (Å²) in [7, 11) is 0. The van der Waals surface area contributed by atoms with Gasteiger partial charge in [-0.15, -0.1) is 0 Å². The molecule has 1 heterocycles. The molecule has 0 bridgehead atoms. The molecule has 1 unspecified atom stereocenters. The molecule has 2 N–H and O–H groups in total. The average Bonchev–Trinajstić information content (AvgIpc) is 2.41. The lowest BCUT2D eigenvalue weighted by Gasteiger charge is -2.31. The van der Waals surface area contributed by atoms with Crippen LogP contribution in [0.4, 0.5) is 0 Å². The Morgan fingerprint density at radius 1 is 1.28 bits per heavy atom. The van der Waals surface area contributed by atoms with Gasteiger partial charge in [-0.1, -0.05) is 30.3 Å². The van der Waals surface area contributed by atoms with Crippen LogP contribution in [0.3, 0.4) is 0 Å². The third-order valence-electron chi connectivity index (χ3n) is 3.85. The molecule has 0 radical (unpaired) electrons. The van der Waals surface area contributed by atoms with Gasteiger partial charge in [0.1, 0.15) is 0 Å². The Labute approximate surface area is 108 Å². The van der Waals surface area contributed by atoms with Gasteiger partial charge in [-0.2, -0.15) is 0 Å². The monoisotopic (exact) mass is 247 g/mol. The molecule has 0 aromatic heterocycles. The van der Waals surface area contributed by atoms with Gasteiger partial charge in [-0.3, -0.25) is 4.79 Å². The van der Waals surface area contributed by atoms with Crippen molar-refractivity contribution in [3.05, 3.63) is 35.9 Å². The van der Waals surface area contributed by atoms with Gasteiger partial charge < -0.3 is 10.4 Å². The van der Waals surface area contributed by atoms with Crippen LogP contribution in [0, 0.1) is 5.92 Å². The third-order valence-corrected chi connectivity index (χ3v) is 3.85. The first kappa shape index (κ1) is 13.1. The Morgan fingerprint density at radius 2 is 1.94 bits per heavy atom. The summed E-state index contributed by atoms with van der Waals surface area (Å²) in [4.78, 5) is 10.8. The maximum atomic E-state index is 10.8. The quantitative estimate of drug-likeness (QED) is 0.841. The topological polar surface area (TPSA) is 49.3 Å². The third kappa shape index (κ3) is 3.57. The average molecular weight is 247 g/mol. The van der Waals surface area contributed by atoms with Gasteiger partial charge in [0.05, 0.1) is 0 Å². The molecule has 1 fully saturated rings. The Bertz CT molecular complexity index is 371. The van der Waals surface area contributed by atoms with E-state index in [1.807, 2.05) is 18.2 Å². The lowest BCUT2D eigenvalue weighted by atomic mass is 9.78. The number of carboxylic acid groups (broad SMARTS) is 1. The van der Waals surface area contributed by atoms with Gasteiger partial charge in [0, 0.05) is 6.42 Å². The molecule has 1 saturated heterocycles. The van der Waals surface area contributed by atoms with E-state index < -0.39 is 5.97 Å². The minimum Gasteiger partial charge on any atom is -0.481 e. The summed E-state index contributed by atoms with van der Waals surface area (Å²) in [5, 5.41) is 12.3. The van der Waals surface area contributed by atoms with E-state index in [1.165, 1.54) is 5.56 Å². The highest BCUT2D eigenvalue weighted by Crippen LogP contribution is 2.34. The molecule has 0 amide bonds. The number of benzene rings is 1. The minimum absolute atomic E-state index is 0.267. The van der Waals surface area contributed by atoms with Gasteiger partial charge in [0.2, 0.25) is 0 Å². The van der Waals surface area contributed by atoms with Crippen molar-refractivity contribution in [1.82, 2.24) is 5.32 Å². The van der Waals surface area contributed by atoms with Crippen LogP contribution in [0.25, 0.3) is 0 Å². The molecule has 18 heavy (non-hydrogen) atoms. The van der Waals surface area contributed by atoms with E-state index in [4.69, 9.17) is 5.11 Å². The number of nitrogens with one attached hydrogen (secondary N) is 1. The zero-order valence-electron chi connectivity index (χ0n) is 10.6. The standard InChI is InChI=1S/C15H21NO2/c17-15(18)7-6-14(12-4-2-1-3-5-12)13-8-10-16-11-9-13/h1-5,13-14,16H,6-11H2,(H,17,18). The molecular formula is C15H21NO2. The van der Waals surface area contributed by atoms with Crippen molar-refractivity contribution >= 4 is 5.97 Å². The van der Waals surface area contributed by atoms with E-state index in [-0.39, 0.29) is 6.42 Å². The number of hydrogen-bond acceptors (Lipinski definition) is 2. The molecule has 0 aliphatic carbocycles. The van der Waals surface area contributed by atoms with Crippen molar-refractivity contribution in [3.63, 3.8) is 0 Å². The molecule has 3 nitrogen and oxygen atoms in total. The summed E-state index contributed by atoms with van der Waals surface area (Å²) in [5.74, 6) is 0.322. The van der Waals surface area contributed by atoms with Crippen molar-refractivity contribution < 1.29 is 9.90 Å². The first-order valence-corrected chi connectivity index (χ1v) is 6.75. The first-order valence-electron chi connectivity index (χ1n) is 6.75. The maximum absolute atomic E-state index is 10.8. The molecule has 1 aliphatic rings. The summed E-state index contributed by atoms with van der Waals surface area (Å²) >= 11 is 0. The van der Waals surface area contributed by atoms with Crippen LogP contribution in [0.5, 0.6) is 0 Å². The molecule has 1 aromatic rings. The number of rotatable bonds is 5. The fourth-order valence-electron chi connectivity index (χ4n) is 2.90. The van der Waals surface area contributed by atoms with Crippen molar-refractivity contribution in [3.8, 4) is 0 Å². The smallest absolute Gasteiger partial charge is 0.303 e. The van der Waals surface area contributed by atoms with E-state index in [0.717, 1.165) is 32.4 Å². The molecule has 3 heteroatoms. The fraction of sp³-hybridized carbons (Fsp3) is 0.533. The van der Waals surface area contributed by atoms with E-state index >= 15 is 0 Å². The summed E-state index contributed by atoms with van der Waals surface area (Å²) < 4.78 is 0. The van der Waals surface area contributed by atoms with Crippen LogP contribution in [-0.2, 0) is 4.79 Å². The molecule has 1 atom stereocenters. The van der Waals surface area contributed by atoms with Gasteiger partial charge in [0.25, 0.3) is 0 Å². The zero-order valence-corrected chi connectivity index (χ0v) is 10.6. The van der Waals surface area contributed by atoms with Gasteiger partial charge >= 0.3 is 5.97 Å². The largest absolute Gasteiger partial charge is 0.481 e. The van der Waals surface area contributed by atoms with Crippen LogP contribution in [-0.4, -0.2) is 24.2 Å². The van der Waals surface area contributed by atoms with E-state index in [0.29, 0.717) is 11.8 Å². The molecule has 0 spiro atoms. The number of carbonyl (C=O) groups is 1. The fourth-order valence-corrected chi connectivity index (χ4v) is 2.90. The number of aliphatic carboxylic acids is 1. The molecule has 1 aliphatic heterocycles. The van der Waals surface area contributed by atoms with Crippen LogP contribution >= 0.6 is 0 Å². The highest BCUT2D eigenvalue weighted by molar-refractivity contribution is 5.66. The number of hydrogen-bond donors (Lipinski definition) is 2. The van der Waals surface area contributed by atoms with Crippen molar-refractivity contribution in [2.45, 2.75) is 31.6 Å². The normalized spacial score (nSPS) is 18.4.